The Labute approximate surface area is 64.6 Å². The molecule has 0 saturated carbocycles. The number of rotatable bonds is 0. The van der Waals surface area contributed by atoms with E-state index in [0.717, 1.165) is 5.69 Å². The van der Waals surface area contributed by atoms with Gasteiger partial charge in [0, 0.05) is 34.3 Å². The molecule has 47 valence electrons. The summed E-state index contributed by atoms with van der Waals surface area (Å²) < 4.78 is 0. The third kappa shape index (κ3) is 2.26. The van der Waals surface area contributed by atoms with E-state index in [9.17, 15) is 0 Å². The molecule has 0 amide bonds. The van der Waals surface area contributed by atoms with Crippen molar-refractivity contribution in [2.24, 2.45) is 0 Å². The number of aromatic nitrogens is 1. The normalized spacial score (nSPS) is 7.62. The molecule has 0 aliphatic heterocycles. The molecule has 1 heterocycles. The van der Waals surface area contributed by atoms with Crippen molar-refractivity contribution in [2.45, 2.75) is 6.92 Å². The summed E-state index contributed by atoms with van der Waals surface area (Å²) in [4.78, 5) is 3.98. The molecular weight excluding hydrogens is 194 g/mol. The summed E-state index contributed by atoms with van der Waals surface area (Å²) in [7, 11) is 0. The molecule has 0 aliphatic carbocycles. The monoisotopic (exact) mass is 200 g/mol. The van der Waals surface area contributed by atoms with Gasteiger partial charge in [0.1, 0.15) is 0 Å². The summed E-state index contributed by atoms with van der Waals surface area (Å²) in [5, 5.41) is 0. The predicted octanol–water partition coefficient (Wildman–Crippen LogP) is 1.39. The Balaban J connectivity index is 0.000000490. The van der Waals surface area contributed by atoms with Gasteiger partial charge in [0.2, 0.25) is 0 Å². The molecule has 1 rings (SSSR count). The van der Waals surface area contributed by atoms with Crippen LogP contribution in [0.15, 0.2) is 24.4 Å². The minimum absolute atomic E-state index is 0. The number of nitrogens with zero attached hydrogens (tertiary/aromatic N) is 1. The Morgan fingerprint density at radius 3 is 2.38 bits per heavy atom. The largest absolute Gasteiger partial charge is 0.262 e. The zero-order valence-electron chi connectivity index (χ0n) is 4.56. The molecule has 0 fully saturated rings. The number of aryl methyl sites for hydroxylation is 1. The van der Waals surface area contributed by atoms with Crippen molar-refractivity contribution in [2.75, 3.05) is 0 Å². The summed E-state index contributed by atoms with van der Waals surface area (Å²) in [6, 6.07) is 5.86. The van der Waals surface area contributed by atoms with Gasteiger partial charge in [-0.2, -0.15) is 0 Å². The van der Waals surface area contributed by atoms with Crippen LogP contribution in [-0.4, -0.2) is 4.98 Å². The maximum Gasteiger partial charge on any atom is 0.0372 e. The molecule has 0 aromatic carbocycles. The van der Waals surface area contributed by atoms with Crippen molar-refractivity contribution < 1.29 is 22.4 Å². The fourth-order valence-corrected chi connectivity index (χ4v) is 0.448. The summed E-state index contributed by atoms with van der Waals surface area (Å²) in [6.45, 7) is 1.97. The molecule has 0 saturated heterocycles. The van der Waals surface area contributed by atoms with Gasteiger partial charge < -0.3 is 0 Å². The third-order valence-electron chi connectivity index (χ3n) is 0.813. The van der Waals surface area contributed by atoms with Crippen molar-refractivity contribution in [3.8, 4) is 0 Å². The fourth-order valence-electron chi connectivity index (χ4n) is 0.448. The smallest absolute Gasteiger partial charge is 0.0372 e. The Morgan fingerprint density at radius 1 is 1.38 bits per heavy atom. The first kappa shape index (κ1) is 7.89. The van der Waals surface area contributed by atoms with E-state index in [0.29, 0.717) is 0 Å². The van der Waals surface area contributed by atoms with Crippen LogP contribution in [0.25, 0.3) is 0 Å². The molecule has 0 atom stereocenters. The zero-order chi connectivity index (χ0) is 5.11. The van der Waals surface area contributed by atoms with Gasteiger partial charge in [-0.3, -0.25) is 4.98 Å². The van der Waals surface area contributed by atoms with Gasteiger partial charge in [0.05, 0.1) is 0 Å². The summed E-state index contributed by atoms with van der Waals surface area (Å²) in [5.74, 6) is 0. The van der Waals surface area contributed by atoms with E-state index in [1.54, 1.807) is 6.20 Å². The zero-order valence-corrected chi connectivity index (χ0v) is 6.04. The second-order valence-corrected chi connectivity index (χ2v) is 1.47. The van der Waals surface area contributed by atoms with Crippen LogP contribution in [0.1, 0.15) is 5.69 Å². The van der Waals surface area contributed by atoms with Crippen LogP contribution in [0, 0.1) is 6.92 Å². The molecule has 1 aromatic rings. The van der Waals surface area contributed by atoms with E-state index in [1.165, 1.54) is 0 Å². The number of hydrogen-bond donors (Lipinski definition) is 0. The molecule has 0 N–H and O–H groups in total. The van der Waals surface area contributed by atoms with Gasteiger partial charge in [-0.05, 0) is 19.1 Å². The first-order valence-corrected chi connectivity index (χ1v) is 2.27. The molecule has 1 radical (unpaired) electrons. The van der Waals surface area contributed by atoms with Crippen molar-refractivity contribution in [3.63, 3.8) is 0 Å². The van der Waals surface area contributed by atoms with E-state index in [-0.39, 0.29) is 22.4 Å². The minimum atomic E-state index is 0. The molecule has 0 unspecified atom stereocenters. The molecule has 0 bridgehead atoms. The van der Waals surface area contributed by atoms with Crippen molar-refractivity contribution in [1.29, 1.82) is 0 Å². The first-order chi connectivity index (χ1) is 3.39. The summed E-state index contributed by atoms with van der Waals surface area (Å²) in [5.41, 5.74) is 1.07. The summed E-state index contributed by atoms with van der Waals surface area (Å²) >= 11 is 0. The van der Waals surface area contributed by atoms with Crippen molar-refractivity contribution in [1.82, 2.24) is 4.98 Å². The average molecular weight is 201 g/mol. The van der Waals surface area contributed by atoms with Crippen LogP contribution in [0.3, 0.4) is 0 Å². The van der Waals surface area contributed by atoms with Gasteiger partial charge in [-0.15, -0.1) is 0 Å². The quantitative estimate of drug-likeness (QED) is 0.578. The second-order valence-electron chi connectivity index (χ2n) is 1.47. The van der Waals surface area contributed by atoms with Crippen LogP contribution in [0.5, 0.6) is 0 Å². The van der Waals surface area contributed by atoms with Crippen LogP contribution in [-0.2, 0) is 22.4 Å². The van der Waals surface area contributed by atoms with E-state index >= 15 is 0 Å². The molecule has 1 aromatic heterocycles. The topological polar surface area (TPSA) is 12.9 Å². The maximum atomic E-state index is 3.98. The van der Waals surface area contributed by atoms with Gasteiger partial charge in [-0.25, -0.2) is 0 Å². The van der Waals surface area contributed by atoms with E-state index in [2.05, 4.69) is 4.98 Å². The second kappa shape index (κ2) is 3.84. The maximum absolute atomic E-state index is 3.98. The van der Waals surface area contributed by atoms with E-state index < -0.39 is 0 Å². The Hall–Kier alpha value is -0.110. The first-order valence-electron chi connectivity index (χ1n) is 2.27. The van der Waals surface area contributed by atoms with Gasteiger partial charge in [-0.1, -0.05) is 6.07 Å². The van der Waals surface area contributed by atoms with Gasteiger partial charge in [0.15, 0.2) is 0 Å². The average Bonchev–Trinajstić information content (AvgIpc) is 1.69. The number of hydrogen-bond acceptors (Lipinski definition) is 1. The Bertz CT molecular complexity index is 138. The van der Waals surface area contributed by atoms with Crippen molar-refractivity contribution >= 4 is 0 Å². The van der Waals surface area contributed by atoms with E-state index in [1.807, 2.05) is 25.1 Å². The van der Waals surface area contributed by atoms with Crippen LogP contribution in [0.2, 0.25) is 0 Å². The molecule has 0 spiro atoms. The van der Waals surface area contributed by atoms with Gasteiger partial charge in [0.25, 0.3) is 0 Å². The Morgan fingerprint density at radius 2 is 2.12 bits per heavy atom. The minimum Gasteiger partial charge on any atom is -0.262 e. The Kier molecular flexibility index (Phi) is 3.79. The third-order valence-corrected chi connectivity index (χ3v) is 0.813. The molecular formula is C6H7AgN. The fraction of sp³-hybridized carbons (Fsp3) is 0.167. The van der Waals surface area contributed by atoms with Gasteiger partial charge >= 0.3 is 0 Å². The standard InChI is InChI=1S/C6H7N.Ag/c1-6-4-2-3-5-7-6;/h2-5H,1H3;. The molecule has 8 heavy (non-hydrogen) atoms. The molecule has 2 heteroatoms. The van der Waals surface area contributed by atoms with E-state index in [4.69, 9.17) is 0 Å². The predicted molar refractivity (Wildman–Crippen MR) is 29.0 cm³/mol. The van der Waals surface area contributed by atoms with Crippen LogP contribution >= 0.6 is 0 Å². The van der Waals surface area contributed by atoms with Crippen LogP contribution < -0.4 is 0 Å². The summed E-state index contributed by atoms with van der Waals surface area (Å²) in [6.07, 6.45) is 1.79. The van der Waals surface area contributed by atoms with Crippen molar-refractivity contribution in [3.05, 3.63) is 30.1 Å². The number of pyridine rings is 1. The SMILES string of the molecule is Cc1ccccn1.[Ag]. The molecule has 0 aliphatic rings. The van der Waals surface area contributed by atoms with Crippen LogP contribution in [0.4, 0.5) is 0 Å². The molecule has 1 nitrogen and oxygen atoms in total.